The van der Waals surface area contributed by atoms with Crippen molar-refractivity contribution >= 4 is 0 Å². The molecule has 60 valence electrons. The second-order valence-electron chi connectivity index (χ2n) is 3.09. The molecule has 1 aliphatic rings. The van der Waals surface area contributed by atoms with Crippen LogP contribution in [0.15, 0.2) is 0 Å². The van der Waals surface area contributed by atoms with Gasteiger partial charge in [0.2, 0.25) is 0 Å². The maximum atomic E-state index is 5.11. The van der Waals surface area contributed by atoms with Crippen LogP contribution in [0.5, 0.6) is 0 Å². The van der Waals surface area contributed by atoms with Crippen molar-refractivity contribution < 1.29 is 4.74 Å². The minimum absolute atomic E-state index is 0.679. The first-order valence-electron chi connectivity index (χ1n) is 4.04. The van der Waals surface area contributed by atoms with Gasteiger partial charge in [0.15, 0.2) is 0 Å². The Balaban J connectivity index is 2.25. The molecule has 0 radical (unpaired) electrons. The number of piperidine rings is 1. The van der Waals surface area contributed by atoms with Gasteiger partial charge >= 0.3 is 0 Å². The average molecular weight is 143 g/mol. The van der Waals surface area contributed by atoms with Crippen LogP contribution >= 0.6 is 0 Å². The summed E-state index contributed by atoms with van der Waals surface area (Å²) in [5.74, 6) is 0. The van der Waals surface area contributed by atoms with E-state index in [0.717, 1.165) is 6.61 Å². The van der Waals surface area contributed by atoms with Crippen LogP contribution in [0.1, 0.15) is 19.3 Å². The van der Waals surface area contributed by atoms with Gasteiger partial charge in [0.1, 0.15) is 0 Å². The number of nitrogens with zero attached hydrogens (tertiary/aromatic N) is 1. The number of likely N-dealkylation sites (tertiary alicyclic amines) is 1. The third-order valence-corrected chi connectivity index (χ3v) is 2.28. The number of rotatable bonds is 2. The van der Waals surface area contributed by atoms with Crippen LogP contribution in [-0.4, -0.2) is 38.3 Å². The predicted molar refractivity (Wildman–Crippen MR) is 42.1 cm³/mol. The first-order valence-corrected chi connectivity index (χ1v) is 4.04. The molecule has 1 aliphatic heterocycles. The number of ether oxygens (including phenoxy) is 1. The predicted octanol–water partition coefficient (Wildman–Crippen LogP) is 1.12. The summed E-state index contributed by atoms with van der Waals surface area (Å²) >= 11 is 0. The van der Waals surface area contributed by atoms with Crippen LogP contribution in [0.3, 0.4) is 0 Å². The molecule has 2 heteroatoms. The number of methoxy groups -OCH3 is 1. The van der Waals surface area contributed by atoms with Crippen LogP contribution in [0.4, 0.5) is 0 Å². The molecule has 1 fully saturated rings. The summed E-state index contributed by atoms with van der Waals surface area (Å²) in [6.07, 6.45) is 4.04. The SMILES string of the molecule is COC[C@H]1CCCCN1C. The second kappa shape index (κ2) is 3.94. The van der Waals surface area contributed by atoms with Gasteiger partial charge in [-0.25, -0.2) is 0 Å². The zero-order valence-electron chi connectivity index (χ0n) is 6.97. The molecule has 0 amide bonds. The van der Waals surface area contributed by atoms with E-state index in [-0.39, 0.29) is 0 Å². The molecule has 1 saturated heterocycles. The lowest BCUT2D eigenvalue weighted by atomic mass is 10.0. The Labute approximate surface area is 63.2 Å². The first kappa shape index (κ1) is 8.02. The van der Waals surface area contributed by atoms with Crippen molar-refractivity contribution in [3.63, 3.8) is 0 Å². The summed E-state index contributed by atoms with van der Waals surface area (Å²) in [4.78, 5) is 2.40. The zero-order chi connectivity index (χ0) is 7.40. The summed E-state index contributed by atoms with van der Waals surface area (Å²) in [7, 11) is 3.96. The van der Waals surface area contributed by atoms with Crippen molar-refractivity contribution in [2.75, 3.05) is 27.3 Å². The van der Waals surface area contributed by atoms with Crippen molar-refractivity contribution in [2.45, 2.75) is 25.3 Å². The minimum atomic E-state index is 0.679. The average Bonchev–Trinajstić information content (AvgIpc) is 1.94. The molecule has 0 aromatic rings. The van der Waals surface area contributed by atoms with Crippen molar-refractivity contribution in [1.29, 1.82) is 0 Å². The van der Waals surface area contributed by atoms with E-state index in [1.165, 1.54) is 25.8 Å². The van der Waals surface area contributed by atoms with Crippen molar-refractivity contribution in [3.05, 3.63) is 0 Å². The smallest absolute Gasteiger partial charge is 0.0617 e. The summed E-state index contributed by atoms with van der Waals surface area (Å²) in [5, 5.41) is 0. The molecule has 1 rings (SSSR count). The maximum Gasteiger partial charge on any atom is 0.0617 e. The van der Waals surface area contributed by atoms with E-state index >= 15 is 0 Å². The highest BCUT2D eigenvalue weighted by molar-refractivity contribution is 4.72. The fraction of sp³-hybridized carbons (Fsp3) is 1.00. The fourth-order valence-electron chi connectivity index (χ4n) is 1.55. The quantitative estimate of drug-likeness (QED) is 0.574. The van der Waals surface area contributed by atoms with E-state index in [1.807, 2.05) is 0 Å². The lowest BCUT2D eigenvalue weighted by Gasteiger charge is -2.31. The van der Waals surface area contributed by atoms with Crippen LogP contribution in [0.25, 0.3) is 0 Å². The second-order valence-corrected chi connectivity index (χ2v) is 3.09. The Morgan fingerprint density at radius 3 is 2.90 bits per heavy atom. The fourth-order valence-corrected chi connectivity index (χ4v) is 1.55. The van der Waals surface area contributed by atoms with Gasteiger partial charge in [-0.3, -0.25) is 0 Å². The summed E-state index contributed by atoms with van der Waals surface area (Å²) < 4.78 is 5.11. The number of hydrogen-bond acceptors (Lipinski definition) is 2. The largest absolute Gasteiger partial charge is 0.383 e. The van der Waals surface area contributed by atoms with Gasteiger partial charge in [0.05, 0.1) is 6.61 Å². The van der Waals surface area contributed by atoms with E-state index in [2.05, 4.69) is 11.9 Å². The van der Waals surface area contributed by atoms with Crippen molar-refractivity contribution in [2.24, 2.45) is 0 Å². The van der Waals surface area contributed by atoms with Gasteiger partial charge in [0, 0.05) is 13.2 Å². The normalized spacial score (nSPS) is 28.8. The summed E-state index contributed by atoms with van der Waals surface area (Å²) in [6.45, 7) is 2.14. The lowest BCUT2D eigenvalue weighted by molar-refractivity contribution is 0.0825. The van der Waals surface area contributed by atoms with E-state index in [0.29, 0.717) is 6.04 Å². The highest BCUT2D eigenvalue weighted by Crippen LogP contribution is 2.14. The molecule has 0 bridgehead atoms. The van der Waals surface area contributed by atoms with Crippen LogP contribution < -0.4 is 0 Å². The van der Waals surface area contributed by atoms with E-state index in [1.54, 1.807) is 7.11 Å². The molecule has 1 atom stereocenters. The van der Waals surface area contributed by atoms with E-state index in [9.17, 15) is 0 Å². The molecule has 0 aliphatic carbocycles. The highest BCUT2D eigenvalue weighted by Gasteiger charge is 2.17. The lowest BCUT2D eigenvalue weighted by Crippen LogP contribution is -2.39. The Morgan fingerprint density at radius 1 is 1.50 bits per heavy atom. The van der Waals surface area contributed by atoms with Crippen molar-refractivity contribution in [1.82, 2.24) is 4.90 Å². The molecule has 0 N–H and O–H groups in total. The Morgan fingerprint density at radius 2 is 2.30 bits per heavy atom. The van der Waals surface area contributed by atoms with Crippen LogP contribution in [-0.2, 0) is 4.74 Å². The third-order valence-electron chi connectivity index (χ3n) is 2.28. The molecular weight excluding hydrogens is 126 g/mol. The summed E-state index contributed by atoms with van der Waals surface area (Å²) in [6, 6.07) is 0.679. The van der Waals surface area contributed by atoms with Gasteiger partial charge < -0.3 is 9.64 Å². The van der Waals surface area contributed by atoms with Crippen LogP contribution in [0.2, 0.25) is 0 Å². The molecule has 1 heterocycles. The maximum absolute atomic E-state index is 5.11. The molecule has 0 unspecified atom stereocenters. The number of hydrogen-bond donors (Lipinski definition) is 0. The molecular formula is C8H17NO. The van der Waals surface area contributed by atoms with Gasteiger partial charge in [0.25, 0.3) is 0 Å². The van der Waals surface area contributed by atoms with Gasteiger partial charge in [-0.05, 0) is 26.4 Å². The van der Waals surface area contributed by atoms with Crippen LogP contribution in [0, 0.1) is 0 Å². The minimum Gasteiger partial charge on any atom is -0.383 e. The molecule has 10 heavy (non-hydrogen) atoms. The Kier molecular flexibility index (Phi) is 3.16. The topological polar surface area (TPSA) is 12.5 Å². The monoisotopic (exact) mass is 143 g/mol. The van der Waals surface area contributed by atoms with Gasteiger partial charge in [-0.15, -0.1) is 0 Å². The Hall–Kier alpha value is -0.0800. The highest BCUT2D eigenvalue weighted by atomic mass is 16.5. The standard InChI is InChI=1S/C8H17NO/c1-9-6-4-3-5-8(9)7-10-2/h8H,3-7H2,1-2H3/t8-/m1/s1. The zero-order valence-corrected chi connectivity index (χ0v) is 6.97. The summed E-state index contributed by atoms with van der Waals surface area (Å²) in [5.41, 5.74) is 0. The van der Waals surface area contributed by atoms with Gasteiger partial charge in [-0.1, -0.05) is 6.42 Å². The van der Waals surface area contributed by atoms with Crippen molar-refractivity contribution in [3.8, 4) is 0 Å². The molecule has 0 aromatic carbocycles. The molecule has 0 saturated carbocycles. The first-order chi connectivity index (χ1) is 4.84. The van der Waals surface area contributed by atoms with E-state index < -0.39 is 0 Å². The van der Waals surface area contributed by atoms with E-state index in [4.69, 9.17) is 4.74 Å². The third kappa shape index (κ3) is 1.96. The molecule has 0 aromatic heterocycles. The number of likely N-dealkylation sites (N-methyl/N-ethyl adjacent to an activating group) is 1. The Bertz CT molecular complexity index is 93.3. The molecule has 2 nitrogen and oxygen atoms in total. The molecule has 0 spiro atoms. The van der Waals surface area contributed by atoms with Gasteiger partial charge in [-0.2, -0.15) is 0 Å².